The molecule has 0 saturated heterocycles. The predicted octanol–water partition coefficient (Wildman–Crippen LogP) is 2.18. The Balaban J connectivity index is 2.05. The molecule has 98 valence electrons. The lowest BCUT2D eigenvalue weighted by Gasteiger charge is -2.10. The zero-order valence-electron chi connectivity index (χ0n) is 10.8. The van der Waals surface area contributed by atoms with E-state index < -0.39 is 0 Å². The average molecular weight is 248 g/mol. The zero-order valence-corrected chi connectivity index (χ0v) is 10.8. The first-order chi connectivity index (χ1) is 8.70. The molecule has 0 aliphatic heterocycles. The molecule has 1 heterocycles. The maximum atomic E-state index is 12.3. The first-order valence-electron chi connectivity index (χ1n) is 6.58. The van der Waals surface area contributed by atoms with Crippen molar-refractivity contribution in [2.45, 2.75) is 38.6 Å². The molecule has 1 aromatic rings. The fourth-order valence-corrected chi connectivity index (χ4v) is 2.34. The van der Waals surface area contributed by atoms with Gasteiger partial charge in [0.05, 0.1) is 12.8 Å². The summed E-state index contributed by atoms with van der Waals surface area (Å²) in [7, 11) is 0. The van der Waals surface area contributed by atoms with E-state index in [1.54, 1.807) is 18.5 Å². The van der Waals surface area contributed by atoms with Crippen LogP contribution < -0.4 is 10.5 Å². The molecule has 1 aromatic heterocycles. The monoisotopic (exact) mass is 248 g/mol. The largest absolute Gasteiger partial charge is 0.492 e. The van der Waals surface area contributed by atoms with Crippen LogP contribution in [0.2, 0.25) is 0 Å². The smallest absolute Gasteiger partial charge is 0.167 e. The summed E-state index contributed by atoms with van der Waals surface area (Å²) in [6.45, 7) is 2.69. The minimum atomic E-state index is 0.0585. The van der Waals surface area contributed by atoms with Gasteiger partial charge in [-0.25, -0.2) is 0 Å². The maximum Gasteiger partial charge on any atom is 0.167 e. The van der Waals surface area contributed by atoms with Crippen molar-refractivity contribution in [3.63, 3.8) is 0 Å². The molecule has 0 radical (unpaired) electrons. The van der Waals surface area contributed by atoms with Gasteiger partial charge in [0.15, 0.2) is 5.78 Å². The van der Waals surface area contributed by atoms with Crippen LogP contribution in [0.25, 0.3) is 0 Å². The molecule has 1 fully saturated rings. The molecule has 18 heavy (non-hydrogen) atoms. The maximum absolute atomic E-state index is 12.3. The fourth-order valence-electron chi connectivity index (χ4n) is 2.34. The molecule has 0 amide bonds. The standard InChI is InChI=1S/C14H20N2O2/c1-2-5-18-13-7-11(8-16-9-13)14(17)10-3-4-12(15)6-10/h7-10,12H,2-6,15H2,1H3. The second-order valence-electron chi connectivity index (χ2n) is 4.89. The Bertz CT molecular complexity index is 420. The number of pyridine rings is 1. The number of nitrogens with two attached hydrogens (primary N) is 1. The number of hydrogen-bond donors (Lipinski definition) is 1. The van der Waals surface area contributed by atoms with Crippen molar-refractivity contribution < 1.29 is 9.53 Å². The van der Waals surface area contributed by atoms with E-state index in [1.807, 2.05) is 6.92 Å². The van der Waals surface area contributed by atoms with Crippen molar-refractivity contribution >= 4 is 5.78 Å². The van der Waals surface area contributed by atoms with Crippen LogP contribution in [0.4, 0.5) is 0 Å². The summed E-state index contributed by atoms with van der Waals surface area (Å²) in [6.07, 6.45) is 6.82. The van der Waals surface area contributed by atoms with Gasteiger partial charge in [-0.15, -0.1) is 0 Å². The zero-order chi connectivity index (χ0) is 13.0. The van der Waals surface area contributed by atoms with Gasteiger partial charge < -0.3 is 10.5 Å². The number of hydrogen-bond acceptors (Lipinski definition) is 4. The van der Waals surface area contributed by atoms with E-state index in [0.29, 0.717) is 17.9 Å². The minimum Gasteiger partial charge on any atom is -0.492 e. The Morgan fingerprint density at radius 2 is 2.33 bits per heavy atom. The highest BCUT2D eigenvalue weighted by atomic mass is 16.5. The highest BCUT2D eigenvalue weighted by Crippen LogP contribution is 2.28. The Morgan fingerprint density at radius 1 is 1.50 bits per heavy atom. The van der Waals surface area contributed by atoms with Gasteiger partial charge in [0.25, 0.3) is 0 Å². The molecule has 0 bridgehead atoms. The molecular formula is C14H20N2O2. The van der Waals surface area contributed by atoms with Gasteiger partial charge in [0.2, 0.25) is 0 Å². The number of aromatic nitrogens is 1. The van der Waals surface area contributed by atoms with E-state index in [-0.39, 0.29) is 17.7 Å². The Morgan fingerprint density at radius 3 is 3.00 bits per heavy atom. The summed E-state index contributed by atoms with van der Waals surface area (Å²) in [5.41, 5.74) is 6.49. The van der Waals surface area contributed by atoms with Crippen molar-refractivity contribution in [1.82, 2.24) is 4.98 Å². The molecule has 4 heteroatoms. The highest BCUT2D eigenvalue weighted by molar-refractivity contribution is 5.98. The molecule has 2 atom stereocenters. The Labute approximate surface area is 108 Å². The quantitative estimate of drug-likeness (QED) is 0.811. The Hall–Kier alpha value is -1.42. The number of Topliss-reactive ketones (excluding diaryl/α,β-unsaturated/α-hetero) is 1. The van der Waals surface area contributed by atoms with Crippen LogP contribution in [-0.4, -0.2) is 23.4 Å². The van der Waals surface area contributed by atoms with E-state index in [2.05, 4.69) is 4.98 Å². The van der Waals surface area contributed by atoms with Crippen molar-refractivity contribution in [2.24, 2.45) is 11.7 Å². The first-order valence-corrected chi connectivity index (χ1v) is 6.58. The molecule has 4 nitrogen and oxygen atoms in total. The summed E-state index contributed by atoms with van der Waals surface area (Å²) < 4.78 is 5.49. The van der Waals surface area contributed by atoms with Crippen molar-refractivity contribution in [3.05, 3.63) is 24.0 Å². The van der Waals surface area contributed by atoms with Crippen molar-refractivity contribution in [1.29, 1.82) is 0 Å². The van der Waals surface area contributed by atoms with E-state index >= 15 is 0 Å². The van der Waals surface area contributed by atoms with Crippen LogP contribution >= 0.6 is 0 Å². The van der Waals surface area contributed by atoms with Gasteiger partial charge in [-0.3, -0.25) is 9.78 Å². The molecule has 0 aromatic carbocycles. The van der Waals surface area contributed by atoms with Gasteiger partial charge in [0.1, 0.15) is 5.75 Å². The van der Waals surface area contributed by atoms with Crippen LogP contribution in [0.15, 0.2) is 18.5 Å². The number of rotatable bonds is 5. The van der Waals surface area contributed by atoms with E-state index in [0.717, 1.165) is 25.7 Å². The molecule has 1 saturated carbocycles. The van der Waals surface area contributed by atoms with Crippen LogP contribution in [0.3, 0.4) is 0 Å². The molecule has 2 N–H and O–H groups in total. The number of ketones is 1. The van der Waals surface area contributed by atoms with E-state index in [9.17, 15) is 4.79 Å². The summed E-state index contributed by atoms with van der Waals surface area (Å²) >= 11 is 0. The molecule has 1 aliphatic carbocycles. The lowest BCUT2D eigenvalue weighted by molar-refractivity contribution is 0.0921. The fraction of sp³-hybridized carbons (Fsp3) is 0.571. The third kappa shape index (κ3) is 3.07. The number of nitrogens with zero attached hydrogens (tertiary/aromatic N) is 1. The summed E-state index contributed by atoms with van der Waals surface area (Å²) in [5, 5.41) is 0. The lowest BCUT2D eigenvalue weighted by atomic mass is 9.97. The summed E-state index contributed by atoms with van der Waals surface area (Å²) in [4.78, 5) is 16.3. The number of carbonyl (C=O) groups is 1. The van der Waals surface area contributed by atoms with Gasteiger partial charge in [0, 0.05) is 23.7 Å². The van der Waals surface area contributed by atoms with E-state index in [1.165, 1.54) is 0 Å². The van der Waals surface area contributed by atoms with Gasteiger partial charge in [-0.05, 0) is 31.7 Å². The highest BCUT2D eigenvalue weighted by Gasteiger charge is 2.28. The van der Waals surface area contributed by atoms with Crippen LogP contribution in [0.5, 0.6) is 5.75 Å². The van der Waals surface area contributed by atoms with Crippen LogP contribution in [0.1, 0.15) is 43.0 Å². The molecule has 1 aliphatic rings. The molecule has 2 rings (SSSR count). The third-order valence-electron chi connectivity index (χ3n) is 3.31. The van der Waals surface area contributed by atoms with Gasteiger partial charge >= 0.3 is 0 Å². The molecular weight excluding hydrogens is 228 g/mol. The second kappa shape index (κ2) is 5.96. The third-order valence-corrected chi connectivity index (χ3v) is 3.31. The van der Waals surface area contributed by atoms with Gasteiger partial charge in [-0.2, -0.15) is 0 Å². The average Bonchev–Trinajstić information content (AvgIpc) is 2.82. The predicted molar refractivity (Wildman–Crippen MR) is 69.7 cm³/mol. The number of ether oxygens (including phenoxy) is 1. The van der Waals surface area contributed by atoms with E-state index in [4.69, 9.17) is 10.5 Å². The lowest BCUT2D eigenvalue weighted by Crippen LogP contribution is -2.18. The topological polar surface area (TPSA) is 65.2 Å². The second-order valence-corrected chi connectivity index (χ2v) is 4.89. The number of carbonyl (C=O) groups excluding carboxylic acids is 1. The normalized spacial score (nSPS) is 23.0. The first kappa shape index (κ1) is 13.0. The van der Waals surface area contributed by atoms with Crippen molar-refractivity contribution in [2.75, 3.05) is 6.61 Å². The van der Waals surface area contributed by atoms with Crippen LogP contribution in [-0.2, 0) is 0 Å². The van der Waals surface area contributed by atoms with Crippen molar-refractivity contribution in [3.8, 4) is 5.75 Å². The summed E-state index contributed by atoms with van der Waals surface area (Å²) in [6, 6.07) is 1.96. The Kier molecular flexibility index (Phi) is 4.31. The molecule has 2 unspecified atom stereocenters. The van der Waals surface area contributed by atoms with Gasteiger partial charge in [-0.1, -0.05) is 6.92 Å². The van der Waals surface area contributed by atoms with Crippen LogP contribution in [0, 0.1) is 5.92 Å². The molecule has 0 spiro atoms. The SMILES string of the molecule is CCCOc1cncc(C(=O)C2CCC(N)C2)c1. The summed E-state index contributed by atoms with van der Waals surface area (Å²) in [5.74, 6) is 0.880. The minimum absolute atomic E-state index is 0.0585.